The Labute approximate surface area is 117 Å². The Morgan fingerprint density at radius 1 is 1.00 bits per heavy atom. The highest BCUT2D eigenvalue weighted by molar-refractivity contribution is 5.01. The molecule has 0 spiro atoms. The van der Waals surface area contributed by atoms with E-state index in [1.165, 1.54) is 45.1 Å². The lowest BCUT2D eigenvalue weighted by Gasteiger charge is -2.57. The van der Waals surface area contributed by atoms with E-state index in [4.69, 9.17) is 4.74 Å². The molecule has 1 heterocycles. The molecule has 19 heavy (non-hydrogen) atoms. The second kappa shape index (κ2) is 5.04. The molecular formula is C17H29NO. The maximum Gasteiger partial charge on any atom is 0.0699 e. The average Bonchev–Trinajstić information content (AvgIpc) is 2.38. The van der Waals surface area contributed by atoms with Gasteiger partial charge >= 0.3 is 0 Å². The number of ether oxygens (including phenoxy) is 1. The Bertz CT molecular complexity index is 286. The van der Waals surface area contributed by atoms with Crippen LogP contribution >= 0.6 is 0 Å². The Kier molecular flexibility index (Phi) is 3.35. The number of hydrogen-bond acceptors (Lipinski definition) is 2. The van der Waals surface area contributed by atoms with E-state index in [0.717, 1.165) is 30.9 Å². The minimum Gasteiger partial charge on any atom is -0.377 e. The van der Waals surface area contributed by atoms with Gasteiger partial charge in [0.15, 0.2) is 0 Å². The molecule has 5 fully saturated rings. The minimum absolute atomic E-state index is 0.502. The standard InChI is InChI=1S/C17H29NO/c1-2-16(12-18-4-1)19-5-3-17-9-13-6-14(10-17)8-15(7-13)11-17/h13-16,18H,1-12H2. The van der Waals surface area contributed by atoms with Crippen molar-refractivity contribution >= 4 is 0 Å². The third-order valence-electron chi connectivity index (χ3n) is 6.40. The van der Waals surface area contributed by atoms with Crippen LogP contribution in [0, 0.1) is 23.2 Å². The van der Waals surface area contributed by atoms with Crippen molar-refractivity contribution in [1.29, 1.82) is 0 Å². The van der Waals surface area contributed by atoms with E-state index < -0.39 is 0 Å². The van der Waals surface area contributed by atoms with Crippen molar-refractivity contribution in [3.05, 3.63) is 0 Å². The number of piperidine rings is 1. The topological polar surface area (TPSA) is 21.3 Å². The Morgan fingerprint density at radius 2 is 1.68 bits per heavy atom. The van der Waals surface area contributed by atoms with Gasteiger partial charge in [0.2, 0.25) is 0 Å². The number of rotatable bonds is 4. The fraction of sp³-hybridized carbons (Fsp3) is 1.00. The monoisotopic (exact) mass is 263 g/mol. The van der Waals surface area contributed by atoms with Crippen LogP contribution in [0.3, 0.4) is 0 Å². The Hall–Kier alpha value is -0.0800. The van der Waals surface area contributed by atoms with Gasteiger partial charge < -0.3 is 10.1 Å². The third-order valence-corrected chi connectivity index (χ3v) is 6.40. The molecule has 0 aromatic carbocycles. The molecule has 1 atom stereocenters. The molecule has 1 unspecified atom stereocenters. The summed E-state index contributed by atoms with van der Waals surface area (Å²) in [6.45, 7) is 3.30. The molecule has 0 radical (unpaired) electrons. The lowest BCUT2D eigenvalue weighted by Crippen LogP contribution is -2.46. The molecule has 1 aliphatic heterocycles. The van der Waals surface area contributed by atoms with Crippen LogP contribution in [0.1, 0.15) is 57.8 Å². The Morgan fingerprint density at radius 3 is 2.26 bits per heavy atom. The van der Waals surface area contributed by atoms with Crippen LogP contribution in [0.2, 0.25) is 0 Å². The van der Waals surface area contributed by atoms with Crippen LogP contribution in [0.5, 0.6) is 0 Å². The molecule has 4 saturated carbocycles. The predicted molar refractivity (Wildman–Crippen MR) is 77.1 cm³/mol. The first-order chi connectivity index (χ1) is 9.31. The van der Waals surface area contributed by atoms with Crippen LogP contribution in [0.25, 0.3) is 0 Å². The van der Waals surface area contributed by atoms with Crippen molar-refractivity contribution in [2.24, 2.45) is 23.2 Å². The maximum atomic E-state index is 6.16. The highest BCUT2D eigenvalue weighted by atomic mass is 16.5. The van der Waals surface area contributed by atoms with Gasteiger partial charge in [0, 0.05) is 13.2 Å². The second-order valence-electron chi connectivity index (χ2n) is 8.01. The average molecular weight is 263 g/mol. The summed E-state index contributed by atoms with van der Waals surface area (Å²) in [4.78, 5) is 0. The first-order valence-electron chi connectivity index (χ1n) is 8.64. The zero-order valence-electron chi connectivity index (χ0n) is 12.2. The molecule has 5 aliphatic rings. The van der Waals surface area contributed by atoms with Gasteiger partial charge in [0.1, 0.15) is 0 Å². The molecular weight excluding hydrogens is 234 g/mol. The van der Waals surface area contributed by atoms with Gasteiger partial charge in [0.05, 0.1) is 6.10 Å². The van der Waals surface area contributed by atoms with E-state index in [0.29, 0.717) is 11.5 Å². The highest BCUT2D eigenvalue weighted by Gasteiger charge is 2.50. The van der Waals surface area contributed by atoms with Gasteiger partial charge in [-0.05, 0) is 87.5 Å². The third kappa shape index (κ3) is 2.58. The molecule has 2 heteroatoms. The summed E-state index contributed by atoms with van der Waals surface area (Å²) in [6, 6.07) is 0. The molecule has 1 saturated heterocycles. The van der Waals surface area contributed by atoms with Gasteiger partial charge in [0.25, 0.3) is 0 Å². The van der Waals surface area contributed by atoms with Crippen molar-refractivity contribution < 1.29 is 4.74 Å². The predicted octanol–water partition coefficient (Wildman–Crippen LogP) is 3.36. The molecule has 0 aromatic heterocycles. The molecule has 0 amide bonds. The molecule has 0 aromatic rings. The van der Waals surface area contributed by atoms with Crippen molar-refractivity contribution in [3.63, 3.8) is 0 Å². The van der Waals surface area contributed by atoms with Crippen molar-refractivity contribution in [2.45, 2.75) is 63.9 Å². The quantitative estimate of drug-likeness (QED) is 0.840. The molecule has 2 nitrogen and oxygen atoms in total. The summed E-state index contributed by atoms with van der Waals surface area (Å²) < 4.78 is 6.16. The van der Waals surface area contributed by atoms with Gasteiger partial charge in [-0.3, -0.25) is 0 Å². The summed E-state index contributed by atoms with van der Waals surface area (Å²) in [5.41, 5.74) is 0.705. The van der Waals surface area contributed by atoms with Gasteiger partial charge in [-0.25, -0.2) is 0 Å². The summed E-state index contributed by atoms with van der Waals surface area (Å²) in [5.74, 6) is 3.26. The summed E-state index contributed by atoms with van der Waals surface area (Å²) in [5, 5.41) is 3.45. The summed E-state index contributed by atoms with van der Waals surface area (Å²) in [6.07, 6.45) is 13.7. The minimum atomic E-state index is 0.502. The normalized spacial score (nSPS) is 48.6. The SMILES string of the molecule is C1CNCC(OCCC23CC4CC(CC(C4)C2)C3)C1. The fourth-order valence-corrected chi connectivity index (χ4v) is 6.00. The molecule has 4 aliphatic carbocycles. The first-order valence-corrected chi connectivity index (χ1v) is 8.64. The summed E-state index contributed by atoms with van der Waals surface area (Å²) >= 11 is 0. The molecule has 4 bridgehead atoms. The van der Waals surface area contributed by atoms with E-state index in [9.17, 15) is 0 Å². The van der Waals surface area contributed by atoms with Crippen LogP contribution < -0.4 is 5.32 Å². The number of hydrogen-bond donors (Lipinski definition) is 1. The van der Waals surface area contributed by atoms with Crippen molar-refractivity contribution in [3.8, 4) is 0 Å². The molecule has 1 N–H and O–H groups in total. The van der Waals surface area contributed by atoms with Crippen LogP contribution in [0.15, 0.2) is 0 Å². The first kappa shape index (κ1) is 12.6. The zero-order valence-corrected chi connectivity index (χ0v) is 12.2. The van der Waals surface area contributed by atoms with Gasteiger partial charge in [-0.1, -0.05) is 0 Å². The molecule has 108 valence electrons. The van der Waals surface area contributed by atoms with Crippen molar-refractivity contribution in [1.82, 2.24) is 5.32 Å². The maximum absolute atomic E-state index is 6.16. The summed E-state index contributed by atoms with van der Waals surface area (Å²) in [7, 11) is 0. The highest BCUT2D eigenvalue weighted by Crippen LogP contribution is 2.61. The lowest BCUT2D eigenvalue weighted by atomic mass is 9.49. The zero-order chi connectivity index (χ0) is 12.7. The largest absolute Gasteiger partial charge is 0.377 e. The van der Waals surface area contributed by atoms with Crippen molar-refractivity contribution in [2.75, 3.05) is 19.7 Å². The van der Waals surface area contributed by atoms with Crippen LogP contribution in [0.4, 0.5) is 0 Å². The van der Waals surface area contributed by atoms with Crippen LogP contribution in [-0.4, -0.2) is 25.8 Å². The fourth-order valence-electron chi connectivity index (χ4n) is 6.00. The van der Waals surface area contributed by atoms with E-state index in [-0.39, 0.29) is 0 Å². The smallest absolute Gasteiger partial charge is 0.0699 e. The second-order valence-corrected chi connectivity index (χ2v) is 8.01. The Balaban J connectivity index is 1.30. The van der Waals surface area contributed by atoms with Gasteiger partial charge in [-0.2, -0.15) is 0 Å². The number of nitrogens with one attached hydrogen (secondary N) is 1. The van der Waals surface area contributed by atoms with E-state index in [2.05, 4.69) is 5.32 Å². The molecule has 5 rings (SSSR count). The van der Waals surface area contributed by atoms with Crippen LogP contribution in [-0.2, 0) is 4.74 Å². The van der Waals surface area contributed by atoms with Gasteiger partial charge in [-0.15, -0.1) is 0 Å². The lowest BCUT2D eigenvalue weighted by molar-refractivity contribution is -0.0765. The van der Waals surface area contributed by atoms with E-state index >= 15 is 0 Å². The van der Waals surface area contributed by atoms with E-state index in [1.807, 2.05) is 0 Å². The van der Waals surface area contributed by atoms with E-state index in [1.54, 1.807) is 19.3 Å².